The minimum Gasteiger partial charge on any atom is -0.381 e. The van der Waals surface area contributed by atoms with E-state index in [1.807, 2.05) is 0 Å². The Bertz CT molecular complexity index is 538. The molecule has 0 saturated heterocycles. The molecule has 0 atom stereocenters. The third-order valence-electron chi connectivity index (χ3n) is 3.21. The van der Waals surface area contributed by atoms with Gasteiger partial charge in [0.15, 0.2) is 0 Å². The van der Waals surface area contributed by atoms with Gasteiger partial charge in [0.2, 0.25) is 0 Å². The summed E-state index contributed by atoms with van der Waals surface area (Å²) >= 11 is 3.53. The van der Waals surface area contributed by atoms with Gasteiger partial charge in [-0.2, -0.15) is 0 Å². The van der Waals surface area contributed by atoms with Crippen LogP contribution in [0.4, 0.5) is 5.69 Å². The molecule has 0 spiro atoms. The van der Waals surface area contributed by atoms with Crippen LogP contribution in [0.2, 0.25) is 0 Å². The lowest BCUT2D eigenvalue weighted by molar-refractivity contribution is 1.10. The molecule has 0 aliphatic heterocycles. The third kappa shape index (κ3) is 2.94. The van der Waals surface area contributed by atoms with Gasteiger partial charge in [-0.3, -0.25) is 0 Å². The fraction of sp³-hybridized carbons (Fsp3) is 0.250. The Kier molecular flexibility index (Phi) is 4.07. The predicted octanol–water partition coefficient (Wildman–Crippen LogP) is 4.99. The van der Waals surface area contributed by atoms with E-state index in [2.05, 4.69) is 78.4 Å². The second kappa shape index (κ2) is 5.57. The summed E-state index contributed by atoms with van der Waals surface area (Å²) in [7, 11) is 0. The molecule has 0 aliphatic rings. The van der Waals surface area contributed by atoms with Gasteiger partial charge in [-0.05, 0) is 55.2 Å². The highest BCUT2D eigenvalue weighted by molar-refractivity contribution is 9.10. The Balaban J connectivity index is 2.19. The number of hydrogen-bond acceptors (Lipinski definition) is 1. The van der Waals surface area contributed by atoms with Crippen molar-refractivity contribution >= 4 is 21.6 Å². The molecule has 2 aromatic rings. The summed E-state index contributed by atoms with van der Waals surface area (Å²) in [6.07, 6.45) is 0. The first-order valence-corrected chi connectivity index (χ1v) is 6.92. The second-order valence-corrected chi connectivity index (χ2v) is 5.61. The van der Waals surface area contributed by atoms with Gasteiger partial charge in [-0.1, -0.05) is 40.2 Å². The fourth-order valence-corrected chi connectivity index (χ4v) is 2.87. The standard InChI is InChI=1S/C16H18BrN/c1-11-6-4-5-7-14(11)10-18-16-12(2)8-15(17)9-13(16)3/h4-9,18H,10H2,1-3H3. The van der Waals surface area contributed by atoms with Gasteiger partial charge < -0.3 is 5.32 Å². The van der Waals surface area contributed by atoms with E-state index in [-0.39, 0.29) is 0 Å². The van der Waals surface area contributed by atoms with E-state index in [0.717, 1.165) is 11.0 Å². The highest BCUT2D eigenvalue weighted by Gasteiger charge is 2.04. The quantitative estimate of drug-likeness (QED) is 0.842. The van der Waals surface area contributed by atoms with E-state index in [0.29, 0.717) is 0 Å². The number of halogens is 1. The largest absolute Gasteiger partial charge is 0.381 e. The summed E-state index contributed by atoms with van der Waals surface area (Å²) < 4.78 is 1.14. The average molecular weight is 304 g/mol. The Hall–Kier alpha value is -1.28. The molecule has 0 aromatic heterocycles. The van der Waals surface area contributed by atoms with Crippen molar-refractivity contribution in [2.75, 3.05) is 5.32 Å². The summed E-state index contributed by atoms with van der Waals surface area (Å²) in [5, 5.41) is 3.54. The molecule has 2 heteroatoms. The maximum Gasteiger partial charge on any atom is 0.0403 e. The van der Waals surface area contributed by atoms with E-state index < -0.39 is 0 Å². The monoisotopic (exact) mass is 303 g/mol. The van der Waals surface area contributed by atoms with Gasteiger partial charge in [0, 0.05) is 16.7 Å². The highest BCUT2D eigenvalue weighted by atomic mass is 79.9. The van der Waals surface area contributed by atoms with E-state index in [9.17, 15) is 0 Å². The number of rotatable bonds is 3. The Morgan fingerprint density at radius 3 is 2.17 bits per heavy atom. The lowest BCUT2D eigenvalue weighted by Gasteiger charge is -2.14. The second-order valence-electron chi connectivity index (χ2n) is 4.69. The van der Waals surface area contributed by atoms with Crippen LogP contribution in [0.5, 0.6) is 0 Å². The van der Waals surface area contributed by atoms with E-state index in [4.69, 9.17) is 0 Å². The first-order chi connectivity index (χ1) is 8.58. The van der Waals surface area contributed by atoms with Crippen molar-refractivity contribution in [2.24, 2.45) is 0 Å². The van der Waals surface area contributed by atoms with E-state index in [1.54, 1.807) is 0 Å². The molecule has 0 heterocycles. The maximum atomic E-state index is 3.54. The van der Waals surface area contributed by atoms with Crippen LogP contribution in [0, 0.1) is 20.8 Å². The smallest absolute Gasteiger partial charge is 0.0403 e. The van der Waals surface area contributed by atoms with Crippen molar-refractivity contribution in [1.82, 2.24) is 0 Å². The molecular weight excluding hydrogens is 286 g/mol. The van der Waals surface area contributed by atoms with Gasteiger partial charge in [0.1, 0.15) is 0 Å². The summed E-state index contributed by atoms with van der Waals surface area (Å²) in [4.78, 5) is 0. The minimum atomic E-state index is 0.871. The molecule has 0 saturated carbocycles. The predicted molar refractivity (Wildman–Crippen MR) is 82.1 cm³/mol. The van der Waals surface area contributed by atoms with Crippen LogP contribution >= 0.6 is 15.9 Å². The van der Waals surface area contributed by atoms with Crippen LogP contribution in [-0.2, 0) is 6.54 Å². The van der Waals surface area contributed by atoms with Crippen LogP contribution in [0.25, 0.3) is 0 Å². The van der Waals surface area contributed by atoms with Gasteiger partial charge in [-0.25, -0.2) is 0 Å². The lowest BCUT2D eigenvalue weighted by atomic mass is 10.1. The molecule has 0 amide bonds. The molecule has 94 valence electrons. The molecular formula is C16H18BrN. The zero-order valence-corrected chi connectivity index (χ0v) is 12.6. The molecule has 1 N–H and O–H groups in total. The minimum absolute atomic E-state index is 0.871. The van der Waals surface area contributed by atoms with Gasteiger partial charge in [-0.15, -0.1) is 0 Å². The van der Waals surface area contributed by atoms with Crippen LogP contribution in [0.15, 0.2) is 40.9 Å². The fourth-order valence-electron chi connectivity index (χ4n) is 2.18. The Morgan fingerprint density at radius 2 is 1.56 bits per heavy atom. The molecule has 0 aliphatic carbocycles. The van der Waals surface area contributed by atoms with E-state index in [1.165, 1.54) is 27.9 Å². The van der Waals surface area contributed by atoms with Crippen molar-refractivity contribution in [3.63, 3.8) is 0 Å². The maximum absolute atomic E-state index is 3.54. The van der Waals surface area contributed by atoms with Gasteiger partial charge in [0.25, 0.3) is 0 Å². The van der Waals surface area contributed by atoms with Crippen molar-refractivity contribution < 1.29 is 0 Å². The Labute approximate surface area is 117 Å². The van der Waals surface area contributed by atoms with E-state index >= 15 is 0 Å². The number of nitrogens with one attached hydrogen (secondary N) is 1. The van der Waals surface area contributed by atoms with Crippen LogP contribution in [0.1, 0.15) is 22.3 Å². The number of hydrogen-bond donors (Lipinski definition) is 1. The van der Waals surface area contributed by atoms with Crippen LogP contribution < -0.4 is 5.32 Å². The zero-order valence-electron chi connectivity index (χ0n) is 11.0. The van der Waals surface area contributed by atoms with Crippen LogP contribution in [0.3, 0.4) is 0 Å². The molecule has 18 heavy (non-hydrogen) atoms. The molecule has 0 bridgehead atoms. The SMILES string of the molecule is Cc1ccccc1CNc1c(C)cc(Br)cc1C. The molecule has 2 rings (SSSR count). The Morgan fingerprint density at radius 1 is 0.944 bits per heavy atom. The summed E-state index contributed by atoms with van der Waals surface area (Å²) in [5.74, 6) is 0. The summed E-state index contributed by atoms with van der Waals surface area (Å²) in [6.45, 7) is 7.30. The zero-order chi connectivity index (χ0) is 13.1. The number of anilines is 1. The topological polar surface area (TPSA) is 12.0 Å². The molecule has 2 aromatic carbocycles. The van der Waals surface area contributed by atoms with Gasteiger partial charge in [0.05, 0.1) is 0 Å². The summed E-state index contributed by atoms with van der Waals surface area (Å²) in [6, 6.07) is 12.8. The normalized spacial score (nSPS) is 10.4. The first kappa shape index (κ1) is 13.2. The van der Waals surface area contributed by atoms with Crippen LogP contribution in [-0.4, -0.2) is 0 Å². The number of benzene rings is 2. The highest BCUT2D eigenvalue weighted by Crippen LogP contribution is 2.25. The van der Waals surface area contributed by atoms with Crippen molar-refractivity contribution in [1.29, 1.82) is 0 Å². The molecule has 0 fully saturated rings. The third-order valence-corrected chi connectivity index (χ3v) is 3.67. The van der Waals surface area contributed by atoms with Crippen molar-refractivity contribution in [3.8, 4) is 0 Å². The number of aryl methyl sites for hydroxylation is 3. The molecule has 0 radical (unpaired) electrons. The van der Waals surface area contributed by atoms with Crippen molar-refractivity contribution in [3.05, 3.63) is 63.1 Å². The summed E-state index contributed by atoms with van der Waals surface area (Å²) in [5.41, 5.74) is 6.46. The lowest BCUT2D eigenvalue weighted by Crippen LogP contribution is -2.04. The molecule has 1 nitrogen and oxygen atoms in total. The average Bonchev–Trinajstić information content (AvgIpc) is 2.30. The van der Waals surface area contributed by atoms with Crippen molar-refractivity contribution in [2.45, 2.75) is 27.3 Å². The van der Waals surface area contributed by atoms with Gasteiger partial charge >= 0.3 is 0 Å². The molecule has 0 unspecified atom stereocenters. The first-order valence-electron chi connectivity index (χ1n) is 6.13.